The van der Waals surface area contributed by atoms with Crippen molar-refractivity contribution >= 4 is 17.9 Å². The molecule has 0 saturated carbocycles. The standard InChI is InChI=1S/C73H133NO8/c1-6-8-10-12-14-16-18-20-22-24-26-28-30-32-34-35-36-37-38-40-42-44-46-48-50-52-54-56-58-60-62-64-71(76)82-69(68-81-73(72(77)78)79-66-65-74(3,4)5)67-80-70(75)63-61-59-57-55-53-51-49-47-45-43-41-39-33-31-29-27-25-23-21-19-17-15-13-11-9-7-2/h8,10,14,16,20,22,26,28,32,34,69,73H,6-7,9,11-13,15,17-19,21,23-25,27,29-31,33,35-68H2,1-5H3/p+1/b10-8-,16-14-,22-20-,28-26-,34-32-. The zero-order chi connectivity index (χ0) is 59.8. The Morgan fingerprint density at radius 3 is 1.04 bits per heavy atom. The van der Waals surface area contributed by atoms with Gasteiger partial charge in [0.25, 0.3) is 6.29 Å². The van der Waals surface area contributed by atoms with Gasteiger partial charge >= 0.3 is 17.9 Å². The van der Waals surface area contributed by atoms with Crippen LogP contribution < -0.4 is 0 Å². The molecule has 9 nitrogen and oxygen atoms in total. The first-order valence-electron chi connectivity index (χ1n) is 35.0. The van der Waals surface area contributed by atoms with E-state index >= 15 is 0 Å². The molecule has 2 unspecified atom stereocenters. The average Bonchev–Trinajstić information content (AvgIpc) is 3.45. The number of nitrogens with zero attached hydrogens (tertiary/aromatic N) is 1. The van der Waals surface area contributed by atoms with E-state index in [1.165, 1.54) is 231 Å². The number of likely N-dealkylation sites (N-methyl/N-ethyl adjacent to an activating group) is 1. The van der Waals surface area contributed by atoms with E-state index in [1.54, 1.807) is 0 Å². The van der Waals surface area contributed by atoms with E-state index in [0.717, 1.165) is 70.6 Å². The van der Waals surface area contributed by atoms with E-state index in [1.807, 2.05) is 21.1 Å². The number of rotatable bonds is 65. The van der Waals surface area contributed by atoms with Crippen molar-refractivity contribution in [3.8, 4) is 0 Å². The molecule has 0 bridgehead atoms. The van der Waals surface area contributed by atoms with Crippen molar-refractivity contribution < 1.29 is 42.9 Å². The number of ether oxygens (including phenoxy) is 4. The van der Waals surface area contributed by atoms with E-state index < -0.39 is 18.4 Å². The minimum Gasteiger partial charge on any atom is -0.477 e. The second kappa shape index (κ2) is 64.0. The molecule has 0 radical (unpaired) electrons. The molecule has 0 heterocycles. The fraction of sp³-hybridized carbons (Fsp3) is 0.822. The lowest BCUT2D eigenvalue weighted by molar-refractivity contribution is -0.870. The van der Waals surface area contributed by atoms with Crippen LogP contribution in [0, 0.1) is 0 Å². The predicted molar refractivity (Wildman–Crippen MR) is 350 cm³/mol. The minimum atomic E-state index is -1.51. The summed E-state index contributed by atoms with van der Waals surface area (Å²) >= 11 is 0. The van der Waals surface area contributed by atoms with Crippen LogP contribution in [0.5, 0.6) is 0 Å². The Bertz CT molecular complexity index is 1530. The smallest absolute Gasteiger partial charge is 0.361 e. The topological polar surface area (TPSA) is 108 Å². The first-order chi connectivity index (χ1) is 40.1. The maximum absolute atomic E-state index is 12.9. The van der Waals surface area contributed by atoms with Crippen molar-refractivity contribution in [2.45, 2.75) is 341 Å². The summed E-state index contributed by atoms with van der Waals surface area (Å²) in [7, 11) is 5.99. The monoisotopic (exact) mass is 1150 g/mol. The summed E-state index contributed by atoms with van der Waals surface area (Å²) in [6, 6.07) is 0. The number of carboxylic acid groups (broad SMARTS) is 1. The van der Waals surface area contributed by atoms with Crippen LogP contribution >= 0.6 is 0 Å². The van der Waals surface area contributed by atoms with Gasteiger partial charge in [-0.15, -0.1) is 0 Å². The number of unbranched alkanes of at least 4 members (excludes halogenated alkanes) is 40. The van der Waals surface area contributed by atoms with Crippen LogP contribution in [0.15, 0.2) is 60.8 Å². The van der Waals surface area contributed by atoms with Crippen molar-refractivity contribution in [3.63, 3.8) is 0 Å². The van der Waals surface area contributed by atoms with E-state index in [9.17, 15) is 19.5 Å². The van der Waals surface area contributed by atoms with Gasteiger partial charge in [-0.3, -0.25) is 9.59 Å². The maximum atomic E-state index is 12.9. The summed E-state index contributed by atoms with van der Waals surface area (Å²) in [4.78, 5) is 37.6. The molecule has 2 atom stereocenters. The largest absolute Gasteiger partial charge is 0.477 e. The van der Waals surface area contributed by atoms with E-state index in [0.29, 0.717) is 17.4 Å². The lowest BCUT2D eigenvalue weighted by atomic mass is 10.0. The van der Waals surface area contributed by atoms with Crippen LogP contribution in [0.4, 0.5) is 0 Å². The lowest BCUT2D eigenvalue weighted by Gasteiger charge is -2.25. The molecular formula is C73H134NO8+. The van der Waals surface area contributed by atoms with Crippen LogP contribution in [0.3, 0.4) is 0 Å². The van der Waals surface area contributed by atoms with Crippen molar-refractivity contribution in [2.75, 3.05) is 47.5 Å². The Balaban J connectivity index is 4.09. The summed E-state index contributed by atoms with van der Waals surface area (Å²) in [6.07, 6.45) is 80.5. The fourth-order valence-corrected chi connectivity index (χ4v) is 10.2. The van der Waals surface area contributed by atoms with Crippen LogP contribution in [-0.4, -0.2) is 87.4 Å². The van der Waals surface area contributed by atoms with Crippen molar-refractivity contribution in [1.82, 2.24) is 0 Å². The number of allylic oxidation sites excluding steroid dienone is 10. The first kappa shape index (κ1) is 79.0. The summed E-state index contributed by atoms with van der Waals surface area (Å²) in [5, 5.41) is 9.75. The Kier molecular flexibility index (Phi) is 61.6. The molecule has 9 heteroatoms. The highest BCUT2D eigenvalue weighted by Crippen LogP contribution is 2.18. The van der Waals surface area contributed by atoms with Crippen LogP contribution in [0.1, 0.15) is 328 Å². The quantitative estimate of drug-likeness (QED) is 0.0211. The molecule has 0 saturated heterocycles. The maximum Gasteiger partial charge on any atom is 0.361 e. The molecule has 478 valence electrons. The number of quaternary nitrogens is 1. The molecule has 0 amide bonds. The van der Waals surface area contributed by atoms with Gasteiger partial charge in [-0.1, -0.05) is 319 Å². The molecule has 0 aliphatic carbocycles. The summed E-state index contributed by atoms with van der Waals surface area (Å²) in [5.41, 5.74) is 0. The molecule has 0 aliphatic rings. The molecule has 1 N–H and O–H groups in total. The molecule has 0 spiro atoms. The third-order valence-corrected chi connectivity index (χ3v) is 15.5. The number of carbonyl (C=O) groups excluding carboxylic acids is 2. The zero-order valence-electron chi connectivity index (χ0n) is 54.7. The van der Waals surface area contributed by atoms with Crippen molar-refractivity contribution in [3.05, 3.63) is 60.8 Å². The molecular weight excluding hydrogens is 1020 g/mol. The fourth-order valence-electron chi connectivity index (χ4n) is 10.2. The van der Waals surface area contributed by atoms with Gasteiger partial charge in [-0.25, -0.2) is 4.79 Å². The number of carbonyl (C=O) groups is 3. The van der Waals surface area contributed by atoms with Gasteiger partial charge in [0, 0.05) is 12.8 Å². The number of hydrogen-bond donors (Lipinski definition) is 1. The van der Waals surface area contributed by atoms with E-state index in [4.69, 9.17) is 18.9 Å². The van der Waals surface area contributed by atoms with Gasteiger partial charge < -0.3 is 28.5 Å². The van der Waals surface area contributed by atoms with Gasteiger partial charge in [-0.2, -0.15) is 0 Å². The first-order valence-corrected chi connectivity index (χ1v) is 35.0. The zero-order valence-corrected chi connectivity index (χ0v) is 54.7. The van der Waals surface area contributed by atoms with E-state index in [-0.39, 0.29) is 38.2 Å². The summed E-state index contributed by atoms with van der Waals surface area (Å²) in [5.74, 6) is -1.98. The lowest BCUT2D eigenvalue weighted by Crippen LogP contribution is -2.40. The minimum absolute atomic E-state index is 0.178. The molecule has 0 aromatic rings. The predicted octanol–water partition coefficient (Wildman–Crippen LogP) is 21.5. The Hall–Kier alpha value is -3.01. The molecule has 0 fully saturated rings. The normalized spacial score (nSPS) is 13.0. The van der Waals surface area contributed by atoms with Crippen molar-refractivity contribution in [2.24, 2.45) is 0 Å². The summed E-state index contributed by atoms with van der Waals surface area (Å²) < 4.78 is 23.0. The second-order valence-electron chi connectivity index (χ2n) is 24.8. The number of esters is 2. The van der Waals surface area contributed by atoms with Crippen molar-refractivity contribution in [1.29, 1.82) is 0 Å². The highest BCUT2D eigenvalue weighted by molar-refractivity contribution is 5.71. The van der Waals surface area contributed by atoms with Gasteiger partial charge in [0.05, 0.1) is 34.4 Å². The van der Waals surface area contributed by atoms with Gasteiger partial charge in [-0.05, 0) is 57.8 Å². The molecule has 0 aromatic carbocycles. The SMILES string of the molecule is CC/C=C\C/C=C\C/C=C\C/C=C\C/C=C\CCCCCCCCCCCCCCCCCC(=O)OC(COC(=O)CCCCCCCCCCCCCCCCCCCCCCCCCCCC)COC(OCC[N+](C)(C)C)C(=O)O. The number of carboxylic acids is 1. The molecule has 0 rings (SSSR count). The highest BCUT2D eigenvalue weighted by atomic mass is 16.7. The molecule has 0 aromatic heterocycles. The van der Waals surface area contributed by atoms with Crippen LogP contribution in [0.2, 0.25) is 0 Å². The third-order valence-electron chi connectivity index (χ3n) is 15.5. The highest BCUT2D eigenvalue weighted by Gasteiger charge is 2.25. The van der Waals surface area contributed by atoms with Gasteiger partial charge in [0.1, 0.15) is 13.2 Å². The van der Waals surface area contributed by atoms with Gasteiger partial charge in [0.15, 0.2) is 6.10 Å². The Morgan fingerprint density at radius 1 is 0.378 bits per heavy atom. The Labute approximate surface area is 507 Å². The van der Waals surface area contributed by atoms with Gasteiger partial charge in [0.2, 0.25) is 0 Å². The average molecular weight is 1150 g/mol. The number of aliphatic carboxylic acids is 1. The summed E-state index contributed by atoms with van der Waals surface area (Å²) in [6.45, 7) is 4.82. The number of hydrogen-bond acceptors (Lipinski definition) is 7. The molecule has 0 aliphatic heterocycles. The Morgan fingerprint density at radius 2 is 0.695 bits per heavy atom. The third kappa shape index (κ3) is 64.5. The van der Waals surface area contributed by atoms with E-state index in [2.05, 4.69) is 74.6 Å². The second-order valence-corrected chi connectivity index (χ2v) is 24.8. The molecule has 82 heavy (non-hydrogen) atoms. The van der Waals surface area contributed by atoms with Crippen LogP contribution in [-0.2, 0) is 33.3 Å². The van der Waals surface area contributed by atoms with Crippen LogP contribution in [0.25, 0.3) is 0 Å².